The van der Waals surface area contributed by atoms with Crippen molar-refractivity contribution in [3.05, 3.63) is 60.9 Å². The zero-order valence-corrected chi connectivity index (χ0v) is 17.7. The summed E-state index contributed by atoms with van der Waals surface area (Å²) in [6.07, 6.45) is 13.7. The first kappa shape index (κ1) is 20.0. The third-order valence-corrected chi connectivity index (χ3v) is 6.37. The summed E-state index contributed by atoms with van der Waals surface area (Å²) in [4.78, 5) is 4.75. The minimum absolute atomic E-state index is 0.173. The molecule has 7 heteroatoms. The molecule has 0 saturated heterocycles. The molecule has 1 aliphatic rings. The van der Waals surface area contributed by atoms with Crippen molar-refractivity contribution >= 4 is 5.52 Å². The molecule has 0 N–H and O–H groups in total. The van der Waals surface area contributed by atoms with Crippen molar-refractivity contribution < 1.29 is 0 Å². The molecule has 1 fully saturated rings. The zero-order chi connectivity index (χ0) is 21.9. The number of nitriles is 2. The second kappa shape index (κ2) is 8.64. The molecule has 0 radical (unpaired) electrons. The molecule has 1 aromatic carbocycles. The van der Waals surface area contributed by atoms with Gasteiger partial charge in [0.15, 0.2) is 0 Å². The predicted molar refractivity (Wildman–Crippen MR) is 120 cm³/mol. The number of rotatable bonds is 5. The number of hydrogen-bond acceptors (Lipinski definition) is 5. The lowest BCUT2D eigenvalue weighted by Gasteiger charge is -2.24. The Labute approximate surface area is 186 Å². The van der Waals surface area contributed by atoms with E-state index in [1.165, 1.54) is 0 Å². The molecule has 3 heterocycles. The molecule has 7 nitrogen and oxygen atoms in total. The Bertz CT molecular complexity index is 1310. The average molecular weight is 422 g/mol. The number of benzene rings is 1. The van der Waals surface area contributed by atoms with E-state index in [1.54, 1.807) is 4.68 Å². The van der Waals surface area contributed by atoms with Crippen molar-refractivity contribution in [1.29, 1.82) is 10.5 Å². The van der Waals surface area contributed by atoms with Crippen LogP contribution in [0.1, 0.15) is 43.7 Å². The second-order valence-electron chi connectivity index (χ2n) is 8.32. The van der Waals surface area contributed by atoms with Crippen molar-refractivity contribution in [1.82, 2.24) is 24.4 Å². The van der Waals surface area contributed by atoms with Crippen molar-refractivity contribution in [3.63, 3.8) is 0 Å². The van der Waals surface area contributed by atoms with E-state index in [4.69, 9.17) is 10.2 Å². The van der Waals surface area contributed by atoms with Crippen LogP contribution in [-0.2, 0) is 6.54 Å². The smallest absolute Gasteiger partial charge is 0.0958 e. The van der Waals surface area contributed by atoms with E-state index in [1.807, 2.05) is 35.5 Å². The predicted octanol–water partition coefficient (Wildman–Crippen LogP) is 4.97. The van der Waals surface area contributed by atoms with Gasteiger partial charge < -0.3 is 0 Å². The second-order valence-corrected chi connectivity index (χ2v) is 8.32. The van der Waals surface area contributed by atoms with Gasteiger partial charge in [0.1, 0.15) is 0 Å². The van der Waals surface area contributed by atoms with Gasteiger partial charge in [0.2, 0.25) is 0 Å². The van der Waals surface area contributed by atoms with Crippen LogP contribution in [0.3, 0.4) is 0 Å². The van der Waals surface area contributed by atoms with Gasteiger partial charge in [0, 0.05) is 41.6 Å². The van der Waals surface area contributed by atoms with E-state index >= 15 is 0 Å². The van der Waals surface area contributed by atoms with Gasteiger partial charge in [-0.25, -0.2) is 4.52 Å². The van der Waals surface area contributed by atoms with Crippen molar-refractivity contribution in [2.75, 3.05) is 0 Å². The number of hydrogen-bond donors (Lipinski definition) is 0. The largest absolute Gasteiger partial charge is 0.271 e. The molecule has 0 unspecified atom stereocenters. The topological polar surface area (TPSA) is 95.6 Å². The molecule has 158 valence electrons. The molecule has 3 aromatic heterocycles. The standard InChI is InChI=1S/C25H23N7/c26-10-1-12-31-17-22(15-29-31)19-6-8-20(9-7-19)23-16-30-32-13-11-28-24(25(23)32)21-4-2-18(14-27)3-5-21/h6-9,11,13,15-18,21H,1-5,12H2. The molecule has 1 aliphatic carbocycles. The van der Waals surface area contributed by atoms with Crippen LogP contribution in [0.5, 0.6) is 0 Å². The third kappa shape index (κ3) is 3.74. The molecule has 0 aliphatic heterocycles. The first-order valence-electron chi connectivity index (χ1n) is 11.0. The van der Waals surface area contributed by atoms with Gasteiger partial charge in [-0.1, -0.05) is 24.3 Å². The Balaban J connectivity index is 1.44. The average Bonchev–Trinajstić information content (AvgIpc) is 3.50. The Kier molecular flexibility index (Phi) is 5.39. The highest BCUT2D eigenvalue weighted by Gasteiger charge is 2.26. The van der Waals surface area contributed by atoms with Crippen molar-refractivity contribution in [2.24, 2.45) is 5.92 Å². The van der Waals surface area contributed by atoms with E-state index in [9.17, 15) is 5.26 Å². The normalized spacial score (nSPS) is 18.3. The first-order chi connectivity index (χ1) is 15.8. The van der Waals surface area contributed by atoms with Crippen LogP contribution in [0.25, 0.3) is 27.8 Å². The molecule has 0 atom stereocenters. The Morgan fingerprint density at radius 1 is 0.938 bits per heavy atom. The van der Waals surface area contributed by atoms with Gasteiger partial charge in [-0.15, -0.1) is 0 Å². The summed E-state index contributed by atoms with van der Waals surface area (Å²) in [6.45, 7) is 0.600. The van der Waals surface area contributed by atoms with Gasteiger partial charge in [-0.3, -0.25) is 9.67 Å². The van der Waals surface area contributed by atoms with Gasteiger partial charge in [-0.05, 0) is 36.8 Å². The summed E-state index contributed by atoms with van der Waals surface area (Å²) >= 11 is 0. The number of aromatic nitrogens is 5. The number of aryl methyl sites for hydroxylation is 1. The van der Waals surface area contributed by atoms with E-state index in [0.29, 0.717) is 18.9 Å². The first-order valence-corrected chi connectivity index (χ1v) is 11.0. The maximum atomic E-state index is 9.23. The van der Waals surface area contributed by atoms with Crippen LogP contribution in [-0.4, -0.2) is 24.4 Å². The highest BCUT2D eigenvalue weighted by atomic mass is 15.3. The van der Waals surface area contributed by atoms with Crippen LogP contribution < -0.4 is 0 Å². The minimum atomic E-state index is 0.173. The molecule has 4 aromatic rings. The molecule has 5 rings (SSSR count). The molecular weight excluding hydrogens is 398 g/mol. The highest BCUT2D eigenvalue weighted by Crippen LogP contribution is 2.38. The van der Waals surface area contributed by atoms with E-state index in [2.05, 4.69) is 46.6 Å². The summed E-state index contributed by atoms with van der Waals surface area (Å²) in [5.41, 5.74) is 6.43. The molecule has 0 amide bonds. The molecule has 32 heavy (non-hydrogen) atoms. The maximum absolute atomic E-state index is 9.23. The van der Waals surface area contributed by atoms with Crippen LogP contribution in [0.15, 0.2) is 55.2 Å². The molecule has 0 spiro atoms. The number of nitrogens with zero attached hydrogens (tertiary/aromatic N) is 7. The summed E-state index contributed by atoms with van der Waals surface area (Å²) in [5.74, 6) is 0.532. The molecule has 0 bridgehead atoms. The van der Waals surface area contributed by atoms with Crippen molar-refractivity contribution in [2.45, 2.75) is 44.6 Å². The van der Waals surface area contributed by atoms with Gasteiger partial charge in [0.25, 0.3) is 0 Å². The van der Waals surface area contributed by atoms with Gasteiger partial charge in [-0.2, -0.15) is 20.7 Å². The summed E-state index contributed by atoms with van der Waals surface area (Å²) < 4.78 is 3.72. The van der Waals surface area contributed by atoms with Gasteiger partial charge >= 0.3 is 0 Å². The van der Waals surface area contributed by atoms with Gasteiger partial charge in [0.05, 0.1) is 48.7 Å². The Hall–Kier alpha value is -3.97. The van der Waals surface area contributed by atoms with E-state index in [-0.39, 0.29) is 5.92 Å². The van der Waals surface area contributed by atoms with Crippen molar-refractivity contribution in [3.8, 4) is 34.4 Å². The third-order valence-electron chi connectivity index (χ3n) is 6.37. The van der Waals surface area contributed by atoms with E-state index in [0.717, 1.165) is 59.1 Å². The van der Waals surface area contributed by atoms with Crippen LogP contribution in [0, 0.1) is 28.6 Å². The Morgan fingerprint density at radius 2 is 1.72 bits per heavy atom. The Morgan fingerprint density at radius 3 is 2.47 bits per heavy atom. The van der Waals surface area contributed by atoms with E-state index < -0.39 is 0 Å². The van der Waals surface area contributed by atoms with Crippen LogP contribution >= 0.6 is 0 Å². The minimum Gasteiger partial charge on any atom is -0.271 e. The molecular formula is C25H23N7. The van der Waals surface area contributed by atoms with Crippen LogP contribution in [0.4, 0.5) is 0 Å². The highest BCUT2D eigenvalue weighted by molar-refractivity contribution is 5.83. The summed E-state index contributed by atoms with van der Waals surface area (Å²) in [5, 5.41) is 26.9. The fraction of sp³-hybridized carbons (Fsp3) is 0.320. The lowest BCUT2D eigenvalue weighted by molar-refractivity contribution is 0.378. The molecule has 1 saturated carbocycles. The SMILES string of the molecule is N#CCCn1cc(-c2ccc(-c3cnn4ccnc(C5CCC(C#N)CC5)c34)cc2)cn1. The fourth-order valence-electron chi connectivity index (χ4n) is 4.62. The zero-order valence-electron chi connectivity index (χ0n) is 17.7. The fourth-order valence-corrected chi connectivity index (χ4v) is 4.62. The summed E-state index contributed by atoms with van der Waals surface area (Å²) in [6, 6.07) is 13.0. The summed E-state index contributed by atoms with van der Waals surface area (Å²) in [7, 11) is 0. The van der Waals surface area contributed by atoms with Crippen LogP contribution in [0.2, 0.25) is 0 Å². The maximum Gasteiger partial charge on any atom is 0.0958 e. The quantitative estimate of drug-likeness (QED) is 0.453. The lowest BCUT2D eigenvalue weighted by atomic mass is 9.80. The monoisotopic (exact) mass is 421 g/mol. The lowest BCUT2D eigenvalue weighted by Crippen LogP contribution is -2.14. The number of fused-ring (bicyclic) bond motifs is 1.